The molecule has 0 heterocycles. The molecule has 0 N–H and O–H groups in total. The van der Waals surface area contributed by atoms with Crippen LogP contribution in [-0.4, -0.2) is 8.42 Å². The van der Waals surface area contributed by atoms with E-state index >= 15 is 0 Å². The van der Waals surface area contributed by atoms with Crippen LogP contribution in [0.15, 0.2) is 82.6 Å². The van der Waals surface area contributed by atoms with E-state index in [1.807, 2.05) is 30.3 Å². The number of hydrogen-bond donors (Lipinski definition) is 0. The summed E-state index contributed by atoms with van der Waals surface area (Å²) in [7, 11) is -3.68. The summed E-state index contributed by atoms with van der Waals surface area (Å²) in [6, 6.07) is 20.9. The third kappa shape index (κ3) is 3.27. The van der Waals surface area contributed by atoms with Crippen LogP contribution in [0.25, 0.3) is 11.1 Å². The predicted octanol–water partition coefficient (Wildman–Crippen LogP) is 5.49. The van der Waals surface area contributed by atoms with Crippen molar-refractivity contribution >= 4 is 33.0 Å². The Morgan fingerprint density at radius 1 is 0.696 bits per heavy atom. The molecule has 0 bridgehead atoms. The van der Waals surface area contributed by atoms with E-state index < -0.39 is 9.84 Å². The summed E-state index contributed by atoms with van der Waals surface area (Å²) in [5.41, 5.74) is 1.98. The molecule has 0 aliphatic carbocycles. The highest BCUT2D eigenvalue weighted by atomic mass is 35.5. The molecule has 0 spiro atoms. The summed E-state index contributed by atoms with van der Waals surface area (Å²) in [4.78, 5) is 0.248. The largest absolute Gasteiger partial charge is 0.218 e. The lowest BCUT2D eigenvalue weighted by molar-refractivity contribution is 0.596. The van der Waals surface area contributed by atoms with Gasteiger partial charge in [-0.2, -0.15) is 0 Å². The second-order valence-corrected chi connectivity index (χ2v) is 7.73. The van der Waals surface area contributed by atoms with Gasteiger partial charge >= 0.3 is 0 Å². The number of benzene rings is 3. The van der Waals surface area contributed by atoms with E-state index in [1.165, 1.54) is 18.2 Å². The highest BCUT2D eigenvalue weighted by molar-refractivity contribution is 7.91. The minimum atomic E-state index is -3.68. The molecule has 0 radical (unpaired) electrons. The summed E-state index contributed by atoms with van der Waals surface area (Å²) < 4.78 is 25.4. The SMILES string of the molecule is O=S(=O)(c1ccc(-c2ccccc2)cc1)c1ccc(Cl)cc1Cl. The van der Waals surface area contributed by atoms with Gasteiger partial charge in [0, 0.05) is 5.02 Å². The van der Waals surface area contributed by atoms with Crippen LogP contribution >= 0.6 is 23.2 Å². The first-order chi connectivity index (χ1) is 11.0. The molecule has 0 amide bonds. The molecule has 0 unspecified atom stereocenters. The Hall–Kier alpha value is -1.81. The maximum absolute atomic E-state index is 12.7. The second kappa shape index (κ2) is 6.36. The molecule has 0 aliphatic rings. The van der Waals surface area contributed by atoms with Crippen LogP contribution in [0, 0.1) is 0 Å². The summed E-state index contributed by atoms with van der Waals surface area (Å²) in [5, 5.41) is 0.512. The van der Waals surface area contributed by atoms with Crippen molar-refractivity contribution in [2.45, 2.75) is 9.79 Å². The summed E-state index contributed by atoms with van der Waals surface area (Å²) in [6.45, 7) is 0. The quantitative estimate of drug-likeness (QED) is 0.616. The maximum atomic E-state index is 12.7. The van der Waals surface area contributed by atoms with Gasteiger partial charge in [0.05, 0.1) is 14.8 Å². The second-order valence-electron chi connectivity index (χ2n) is 4.97. The van der Waals surface area contributed by atoms with Gasteiger partial charge in [-0.05, 0) is 41.5 Å². The summed E-state index contributed by atoms with van der Waals surface area (Å²) in [6.07, 6.45) is 0. The van der Waals surface area contributed by atoms with Crippen LogP contribution in [0.3, 0.4) is 0 Å². The van der Waals surface area contributed by atoms with Crippen molar-refractivity contribution in [2.75, 3.05) is 0 Å². The monoisotopic (exact) mass is 362 g/mol. The molecule has 3 rings (SSSR count). The standard InChI is InChI=1S/C18H12Cl2O2S/c19-15-8-11-18(17(20)12-15)23(21,22)16-9-6-14(7-10-16)13-4-2-1-3-5-13/h1-12H. The molecule has 0 aliphatic heterocycles. The minimum absolute atomic E-state index is 0.0519. The molecule has 2 nitrogen and oxygen atoms in total. The average molecular weight is 363 g/mol. The normalized spacial score (nSPS) is 11.4. The first kappa shape index (κ1) is 16.1. The Balaban J connectivity index is 2.01. The first-order valence-electron chi connectivity index (χ1n) is 6.84. The number of halogens is 2. The van der Waals surface area contributed by atoms with Gasteiger partial charge in [-0.15, -0.1) is 0 Å². The molecule has 0 saturated carbocycles. The predicted molar refractivity (Wildman–Crippen MR) is 93.8 cm³/mol. The van der Waals surface area contributed by atoms with Gasteiger partial charge in [-0.25, -0.2) is 8.42 Å². The lowest BCUT2D eigenvalue weighted by Crippen LogP contribution is -2.02. The van der Waals surface area contributed by atoms with Crippen molar-refractivity contribution in [2.24, 2.45) is 0 Å². The van der Waals surface area contributed by atoms with Gasteiger partial charge in [-0.3, -0.25) is 0 Å². The summed E-state index contributed by atoms with van der Waals surface area (Å²) >= 11 is 11.8. The van der Waals surface area contributed by atoms with E-state index in [2.05, 4.69) is 0 Å². The molecular weight excluding hydrogens is 351 g/mol. The van der Waals surface area contributed by atoms with Crippen LogP contribution < -0.4 is 0 Å². The lowest BCUT2D eigenvalue weighted by atomic mass is 10.1. The number of hydrogen-bond acceptors (Lipinski definition) is 2. The topological polar surface area (TPSA) is 34.1 Å². The van der Waals surface area contributed by atoms with E-state index in [1.54, 1.807) is 24.3 Å². The zero-order chi connectivity index (χ0) is 16.4. The zero-order valence-corrected chi connectivity index (χ0v) is 14.2. The Kier molecular flexibility index (Phi) is 4.44. The average Bonchev–Trinajstić information content (AvgIpc) is 2.55. The van der Waals surface area contributed by atoms with Crippen LogP contribution in [0.1, 0.15) is 0 Å². The fourth-order valence-electron chi connectivity index (χ4n) is 2.28. The van der Waals surface area contributed by atoms with Gasteiger partial charge in [-0.1, -0.05) is 65.7 Å². The van der Waals surface area contributed by atoms with Crippen LogP contribution in [0.4, 0.5) is 0 Å². The third-order valence-electron chi connectivity index (χ3n) is 3.46. The molecular formula is C18H12Cl2O2S. The molecule has 5 heteroatoms. The molecule has 116 valence electrons. The first-order valence-corrected chi connectivity index (χ1v) is 9.08. The van der Waals surface area contributed by atoms with Crippen molar-refractivity contribution in [1.82, 2.24) is 0 Å². The van der Waals surface area contributed by atoms with E-state index in [4.69, 9.17) is 23.2 Å². The Labute approximate surface area is 145 Å². The van der Waals surface area contributed by atoms with E-state index in [0.717, 1.165) is 11.1 Å². The van der Waals surface area contributed by atoms with Crippen molar-refractivity contribution in [3.63, 3.8) is 0 Å². The van der Waals surface area contributed by atoms with Gasteiger partial charge < -0.3 is 0 Å². The van der Waals surface area contributed by atoms with Crippen LogP contribution in [0.5, 0.6) is 0 Å². The van der Waals surface area contributed by atoms with Crippen molar-refractivity contribution in [1.29, 1.82) is 0 Å². The molecule has 0 aromatic heterocycles. The van der Waals surface area contributed by atoms with Gasteiger partial charge in [0.1, 0.15) is 0 Å². The Morgan fingerprint density at radius 3 is 1.91 bits per heavy atom. The summed E-state index contributed by atoms with van der Waals surface area (Å²) in [5.74, 6) is 0. The van der Waals surface area contributed by atoms with E-state index in [-0.39, 0.29) is 14.8 Å². The smallest absolute Gasteiger partial charge is 0.208 e. The molecule has 0 atom stereocenters. The highest BCUT2D eigenvalue weighted by Gasteiger charge is 2.20. The molecule has 0 saturated heterocycles. The molecule has 3 aromatic rings. The third-order valence-corrected chi connectivity index (χ3v) is 5.94. The fraction of sp³-hybridized carbons (Fsp3) is 0. The molecule has 23 heavy (non-hydrogen) atoms. The highest BCUT2D eigenvalue weighted by Crippen LogP contribution is 2.30. The van der Waals surface area contributed by atoms with Crippen LogP contribution in [-0.2, 0) is 9.84 Å². The number of rotatable bonds is 3. The molecule has 0 fully saturated rings. The zero-order valence-electron chi connectivity index (χ0n) is 11.9. The van der Waals surface area contributed by atoms with Crippen molar-refractivity contribution < 1.29 is 8.42 Å². The number of sulfone groups is 1. The van der Waals surface area contributed by atoms with Gasteiger partial charge in [0.25, 0.3) is 0 Å². The minimum Gasteiger partial charge on any atom is -0.218 e. The van der Waals surface area contributed by atoms with Crippen LogP contribution in [0.2, 0.25) is 10.0 Å². The van der Waals surface area contributed by atoms with Gasteiger partial charge in [0.15, 0.2) is 0 Å². The molecule has 3 aromatic carbocycles. The maximum Gasteiger partial charge on any atom is 0.208 e. The Morgan fingerprint density at radius 2 is 1.30 bits per heavy atom. The van der Waals surface area contributed by atoms with Gasteiger partial charge in [0.2, 0.25) is 9.84 Å². The Bertz CT molecular complexity index is 935. The lowest BCUT2D eigenvalue weighted by Gasteiger charge is -2.08. The van der Waals surface area contributed by atoms with Crippen molar-refractivity contribution in [3.8, 4) is 11.1 Å². The van der Waals surface area contributed by atoms with E-state index in [0.29, 0.717) is 5.02 Å². The fourth-order valence-corrected chi connectivity index (χ4v) is 4.30. The van der Waals surface area contributed by atoms with Crippen molar-refractivity contribution in [3.05, 3.63) is 82.8 Å². The van der Waals surface area contributed by atoms with E-state index in [9.17, 15) is 8.42 Å².